The van der Waals surface area contributed by atoms with Crippen molar-refractivity contribution in [2.24, 2.45) is 0 Å². The maximum absolute atomic E-state index is 12.7. The summed E-state index contributed by atoms with van der Waals surface area (Å²) < 4.78 is 11.0. The second-order valence-electron chi connectivity index (χ2n) is 6.79. The van der Waals surface area contributed by atoms with Crippen LogP contribution in [-0.2, 0) is 9.47 Å². The van der Waals surface area contributed by atoms with Crippen molar-refractivity contribution >= 4 is 51.5 Å². The molecule has 12 heteroatoms. The van der Waals surface area contributed by atoms with Gasteiger partial charge in [0.15, 0.2) is 10.8 Å². The summed E-state index contributed by atoms with van der Waals surface area (Å²) >= 11 is 13.5. The molecule has 0 saturated carbocycles. The Morgan fingerprint density at radius 2 is 2.17 bits per heavy atom. The van der Waals surface area contributed by atoms with Gasteiger partial charge in [0.1, 0.15) is 5.69 Å². The number of nitrogens with one attached hydrogen (secondary N) is 2. The number of hydrogen-bond donors (Lipinski definition) is 3. The van der Waals surface area contributed by atoms with Crippen molar-refractivity contribution in [3.8, 4) is 0 Å². The fourth-order valence-corrected chi connectivity index (χ4v) is 4.44. The monoisotopic (exact) mass is 476 g/mol. The van der Waals surface area contributed by atoms with Crippen LogP contribution >= 0.6 is 34.5 Å². The van der Waals surface area contributed by atoms with E-state index in [1.165, 1.54) is 16.7 Å². The third-order valence-corrected chi connectivity index (χ3v) is 6.61. The van der Waals surface area contributed by atoms with E-state index in [2.05, 4.69) is 15.3 Å². The van der Waals surface area contributed by atoms with Crippen LogP contribution in [0, 0.1) is 6.92 Å². The van der Waals surface area contributed by atoms with E-state index >= 15 is 0 Å². The molecule has 3 rings (SSSR count). The minimum absolute atomic E-state index is 0.0101. The van der Waals surface area contributed by atoms with Gasteiger partial charge < -0.3 is 29.8 Å². The van der Waals surface area contributed by atoms with Crippen LogP contribution in [0.2, 0.25) is 10.0 Å². The number of aryl methyl sites for hydroxylation is 1. The van der Waals surface area contributed by atoms with Crippen molar-refractivity contribution in [2.75, 3.05) is 38.3 Å². The Bertz CT molecular complexity index is 919. The number of nitrogens with zero attached hydrogens (tertiary/aromatic N) is 2. The van der Waals surface area contributed by atoms with Gasteiger partial charge in [0.2, 0.25) is 0 Å². The van der Waals surface area contributed by atoms with Crippen LogP contribution in [0.4, 0.5) is 5.13 Å². The highest BCUT2D eigenvalue weighted by molar-refractivity contribution is 7.13. The molecule has 1 saturated heterocycles. The van der Waals surface area contributed by atoms with Crippen molar-refractivity contribution in [2.45, 2.75) is 25.5 Å². The molecule has 1 amide bonds. The maximum atomic E-state index is 12.7. The molecule has 3 heterocycles. The second-order valence-corrected chi connectivity index (χ2v) is 8.38. The number of H-pyrrole nitrogens is 1. The number of carbonyl (C=O) groups excluding carboxylic acids is 1. The number of anilines is 1. The summed E-state index contributed by atoms with van der Waals surface area (Å²) in [6, 6.07) is -0.275. The lowest BCUT2D eigenvalue weighted by Gasteiger charge is -2.38. The van der Waals surface area contributed by atoms with Gasteiger partial charge in [-0.25, -0.2) is 9.78 Å². The number of ether oxygens (including phenoxy) is 2. The van der Waals surface area contributed by atoms with Crippen molar-refractivity contribution in [1.82, 2.24) is 15.3 Å². The van der Waals surface area contributed by atoms with E-state index in [9.17, 15) is 9.59 Å². The van der Waals surface area contributed by atoms with Crippen LogP contribution < -0.4 is 10.2 Å². The van der Waals surface area contributed by atoms with E-state index < -0.39 is 5.97 Å². The van der Waals surface area contributed by atoms with Gasteiger partial charge in [-0.15, -0.1) is 11.3 Å². The number of amides is 1. The van der Waals surface area contributed by atoms with E-state index in [-0.39, 0.29) is 34.5 Å². The van der Waals surface area contributed by atoms with Crippen LogP contribution in [0.3, 0.4) is 0 Å². The average molecular weight is 477 g/mol. The van der Waals surface area contributed by atoms with E-state index in [0.29, 0.717) is 48.6 Å². The van der Waals surface area contributed by atoms with Gasteiger partial charge in [-0.2, -0.15) is 0 Å². The molecule has 9 nitrogen and oxygen atoms in total. The fraction of sp³-hybridized carbons (Fsp3) is 0.500. The Labute approximate surface area is 187 Å². The normalized spacial score (nSPS) is 19.1. The molecule has 0 bridgehead atoms. The quantitative estimate of drug-likeness (QED) is 0.501. The van der Waals surface area contributed by atoms with Crippen molar-refractivity contribution in [1.29, 1.82) is 0 Å². The molecule has 3 N–H and O–H groups in total. The molecule has 1 fully saturated rings. The molecule has 2 atom stereocenters. The van der Waals surface area contributed by atoms with Gasteiger partial charge in [0.25, 0.3) is 5.91 Å². The summed E-state index contributed by atoms with van der Waals surface area (Å²) in [5.74, 6) is -1.43. The summed E-state index contributed by atoms with van der Waals surface area (Å²) in [6.07, 6.45) is 0.233. The van der Waals surface area contributed by atoms with Gasteiger partial charge in [0, 0.05) is 31.3 Å². The highest BCUT2D eigenvalue weighted by Crippen LogP contribution is 2.30. The van der Waals surface area contributed by atoms with Crippen molar-refractivity contribution in [3.63, 3.8) is 0 Å². The third-order valence-electron chi connectivity index (χ3n) is 4.76. The fourth-order valence-electron chi connectivity index (χ4n) is 3.18. The Morgan fingerprint density at radius 1 is 1.40 bits per heavy atom. The van der Waals surface area contributed by atoms with Crippen molar-refractivity contribution in [3.05, 3.63) is 32.5 Å². The number of aromatic amines is 1. The summed E-state index contributed by atoms with van der Waals surface area (Å²) in [5.41, 5.74) is 0.840. The molecule has 0 aliphatic carbocycles. The number of rotatable bonds is 8. The van der Waals surface area contributed by atoms with E-state index in [1.54, 1.807) is 14.0 Å². The number of carboxylic acid groups (broad SMARTS) is 1. The van der Waals surface area contributed by atoms with Crippen LogP contribution in [-0.4, -0.2) is 72.5 Å². The predicted molar refractivity (Wildman–Crippen MR) is 114 cm³/mol. The number of hydrogen-bond acceptors (Lipinski definition) is 7. The van der Waals surface area contributed by atoms with Crippen LogP contribution in [0.5, 0.6) is 0 Å². The first-order valence-electron chi connectivity index (χ1n) is 9.20. The molecular formula is C18H22Cl2N4O5S. The molecule has 164 valence electrons. The molecule has 0 unspecified atom stereocenters. The average Bonchev–Trinajstić information content (AvgIpc) is 3.31. The molecular weight excluding hydrogens is 455 g/mol. The highest BCUT2D eigenvalue weighted by Gasteiger charge is 2.33. The first kappa shape index (κ1) is 22.8. The summed E-state index contributed by atoms with van der Waals surface area (Å²) in [4.78, 5) is 32.9. The largest absolute Gasteiger partial charge is 0.476 e. The number of aromatic nitrogens is 2. The topological polar surface area (TPSA) is 117 Å². The van der Waals surface area contributed by atoms with Crippen LogP contribution in [0.25, 0.3) is 0 Å². The number of halogens is 2. The zero-order valence-electron chi connectivity index (χ0n) is 16.4. The van der Waals surface area contributed by atoms with E-state index in [0.717, 1.165) is 0 Å². The summed E-state index contributed by atoms with van der Waals surface area (Å²) in [7, 11) is 1.58. The number of thiazole rings is 1. The number of methoxy groups -OCH3 is 1. The molecule has 2 aromatic rings. The van der Waals surface area contributed by atoms with Gasteiger partial charge >= 0.3 is 5.97 Å². The lowest BCUT2D eigenvalue weighted by molar-refractivity contribution is -0.00498. The molecule has 0 radical (unpaired) electrons. The number of carbonyl (C=O) groups is 2. The first-order valence-corrected chi connectivity index (χ1v) is 10.8. The second kappa shape index (κ2) is 9.97. The highest BCUT2D eigenvalue weighted by atomic mass is 35.5. The third kappa shape index (κ3) is 5.06. The smallest absolute Gasteiger partial charge is 0.355 e. The van der Waals surface area contributed by atoms with Crippen LogP contribution in [0.15, 0.2) is 5.38 Å². The molecule has 0 aromatic carbocycles. The van der Waals surface area contributed by atoms with E-state index in [1.807, 2.05) is 4.90 Å². The summed E-state index contributed by atoms with van der Waals surface area (Å²) in [5, 5.41) is 14.7. The zero-order chi connectivity index (χ0) is 21.8. The molecule has 1 aliphatic rings. The minimum atomic E-state index is -1.07. The Balaban J connectivity index is 1.72. The SMILES string of the molecule is COCCO[C@H]1CN(c2nc(C(=O)O)cs2)CC[C@H]1NC(=O)c1[nH]c(C)c(Cl)c1Cl. The lowest BCUT2D eigenvalue weighted by atomic mass is 10.0. The standard InChI is InChI=1S/C18H22Cl2N4O5S/c1-9-13(19)14(20)15(21-9)16(25)22-10-3-4-24(7-12(10)29-6-5-28-2)18-23-11(8-30-18)17(26)27/h8,10,12,21H,3-7H2,1-2H3,(H,22,25)(H,26,27)/t10-,12+/m1/s1. The molecule has 1 aliphatic heterocycles. The lowest BCUT2D eigenvalue weighted by Crippen LogP contribution is -2.55. The van der Waals surface area contributed by atoms with Crippen molar-refractivity contribution < 1.29 is 24.2 Å². The molecule has 2 aromatic heterocycles. The number of carboxylic acids is 1. The maximum Gasteiger partial charge on any atom is 0.355 e. The first-order chi connectivity index (χ1) is 14.3. The van der Waals surface area contributed by atoms with Gasteiger partial charge in [-0.1, -0.05) is 23.2 Å². The number of piperidine rings is 1. The van der Waals surface area contributed by atoms with Gasteiger partial charge in [-0.05, 0) is 13.3 Å². The number of aromatic carboxylic acids is 1. The van der Waals surface area contributed by atoms with Crippen LogP contribution in [0.1, 0.15) is 33.1 Å². The molecule has 0 spiro atoms. The zero-order valence-corrected chi connectivity index (χ0v) is 18.7. The Kier molecular flexibility index (Phi) is 7.59. The molecule has 30 heavy (non-hydrogen) atoms. The predicted octanol–water partition coefficient (Wildman–Crippen LogP) is 2.82. The minimum Gasteiger partial charge on any atom is -0.476 e. The van der Waals surface area contributed by atoms with Gasteiger partial charge in [0.05, 0.1) is 35.4 Å². The Morgan fingerprint density at radius 3 is 2.77 bits per heavy atom. The summed E-state index contributed by atoms with van der Waals surface area (Å²) in [6.45, 7) is 3.53. The van der Waals surface area contributed by atoms with Gasteiger partial charge in [-0.3, -0.25) is 4.79 Å². The van der Waals surface area contributed by atoms with E-state index in [4.69, 9.17) is 37.8 Å². The Hall–Kier alpha value is -1.85.